The van der Waals surface area contributed by atoms with Crippen LogP contribution in [0.5, 0.6) is 0 Å². The van der Waals surface area contributed by atoms with Gasteiger partial charge in [-0.1, -0.05) is 0 Å². The van der Waals surface area contributed by atoms with Crippen molar-refractivity contribution in [2.24, 2.45) is 5.92 Å². The van der Waals surface area contributed by atoms with E-state index < -0.39 is 0 Å². The van der Waals surface area contributed by atoms with Crippen LogP contribution in [0.25, 0.3) is 0 Å². The fourth-order valence-electron chi connectivity index (χ4n) is 3.74. The zero-order chi connectivity index (χ0) is 14.7. The SMILES string of the molecule is CNC(=O)CN1CCO[C@H]2CN(CC3CCOCC3)C[C@H]21. The van der Waals surface area contributed by atoms with Crippen LogP contribution in [0, 0.1) is 5.92 Å². The molecule has 3 aliphatic heterocycles. The number of likely N-dealkylation sites (tertiary alicyclic amines) is 1. The highest BCUT2D eigenvalue weighted by Crippen LogP contribution is 2.25. The summed E-state index contributed by atoms with van der Waals surface area (Å²) in [5.41, 5.74) is 0. The van der Waals surface area contributed by atoms with E-state index in [2.05, 4.69) is 15.1 Å². The number of morpholine rings is 1. The number of nitrogens with one attached hydrogen (secondary N) is 1. The molecule has 6 heteroatoms. The number of carbonyl (C=O) groups is 1. The van der Waals surface area contributed by atoms with Gasteiger partial charge in [0.25, 0.3) is 0 Å². The van der Waals surface area contributed by atoms with E-state index in [9.17, 15) is 4.79 Å². The van der Waals surface area contributed by atoms with E-state index in [0.29, 0.717) is 12.6 Å². The van der Waals surface area contributed by atoms with Gasteiger partial charge in [-0.15, -0.1) is 0 Å². The molecule has 0 saturated carbocycles. The fraction of sp³-hybridized carbons (Fsp3) is 0.933. The number of ether oxygens (including phenoxy) is 2. The highest BCUT2D eigenvalue weighted by atomic mass is 16.5. The van der Waals surface area contributed by atoms with Crippen LogP contribution < -0.4 is 5.32 Å². The number of hydrogen-bond acceptors (Lipinski definition) is 5. The molecule has 3 heterocycles. The van der Waals surface area contributed by atoms with Crippen LogP contribution in [-0.2, 0) is 14.3 Å². The molecule has 3 saturated heterocycles. The van der Waals surface area contributed by atoms with Gasteiger partial charge in [0.05, 0.1) is 25.3 Å². The largest absolute Gasteiger partial charge is 0.381 e. The monoisotopic (exact) mass is 297 g/mol. The number of rotatable bonds is 4. The van der Waals surface area contributed by atoms with Crippen molar-refractivity contribution in [3.63, 3.8) is 0 Å². The third-order valence-electron chi connectivity index (χ3n) is 4.97. The highest BCUT2D eigenvalue weighted by Gasteiger charge is 2.40. The average molecular weight is 297 g/mol. The standard InChI is InChI=1S/C15H27N3O3/c1-16-15(19)11-18-4-7-21-14-10-17(9-13(14)18)8-12-2-5-20-6-3-12/h12-14H,2-11H2,1H3,(H,16,19)/t13-,14+/m1/s1. The van der Waals surface area contributed by atoms with Crippen LogP contribution in [0.2, 0.25) is 0 Å². The van der Waals surface area contributed by atoms with Gasteiger partial charge in [0.15, 0.2) is 0 Å². The Kier molecular flexibility index (Phi) is 5.11. The number of carbonyl (C=O) groups excluding carboxylic acids is 1. The summed E-state index contributed by atoms with van der Waals surface area (Å²) in [6.07, 6.45) is 2.62. The van der Waals surface area contributed by atoms with Crippen LogP contribution in [-0.4, -0.2) is 87.4 Å². The Balaban J connectivity index is 1.53. The molecular formula is C15H27N3O3. The number of amides is 1. The molecular weight excluding hydrogens is 270 g/mol. The fourth-order valence-corrected chi connectivity index (χ4v) is 3.74. The van der Waals surface area contributed by atoms with Gasteiger partial charge in [-0.05, 0) is 18.8 Å². The molecule has 0 aromatic carbocycles. The second-order valence-electron chi connectivity index (χ2n) is 6.39. The quantitative estimate of drug-likeness (QED) is 0.761. The van der Waals surface area contributed by atoms with Crippen molar-refractivity contribution in [3.05, 3.63) is 0 Å². The second-order valence-corrected chi connectivity index (χ2v) is 6.39. The van der Waals surface area contributed by atoms with Gasteiger partial charge in [0.2, 0.25) is 5.91 Å². The van der Waals surface area contributed by atoms with Crippen molar-refractivity contribution >= 4 is 5.91 Å². The lowest BCUT2D eigenvalue weighted by Gasteiger charge is -2.36. The minimum atomic E-state index is 0.0959. The molecule has 2 atom stereocenters. The Bertz CT molecular complexity index is 360. The molecule has 0 unspecified atom stereocenters. The van der Waals surface area contributed by atoms with Gasteiger partial charge in [-0.3, -0.25) is 14.6 Å². The summed E-state index contributed by atoms with van der Waals surface area (Å²) in [4.78, 5) is 16.5. The van der Waals surface area contributed by atoms with E-state index in [-0.39, 0.29) is 12.0 Å². The number of likely N-dealkylation sites (N-methyl/N-ethyl adjacent to an activating group) is 1. The lowest BCUT2D eigenvalue weighted by atomic mass is 10.00. The molecule has 1 N–H and O–H groups in total. The predicted molar refractivity (Wildman–Crippen MR) is 79.2 cm³/mol. The lowest BCUT2D eigenvalue weighted by Crippen LogP contribution is -2.53. The van der Waals surface area contributed by atoms with Crippen LogP contribution in [0.4, 0.5) is 0 Å². The average Bonchev–Trinajstić information content (AvgIpc) is 2.91. The summed E-state index contributed by atoms with van der Waals surface area (Å²) >= 11 is 0. The minimum absolute atomic E-state index is 0.0959. The summed E-state index contributed by atoms with van der Waals surface area (Å²) in [5.74, 6) is 0.852. The molecule has 120 valence electrons. The first-order valence-electron chi connectivity index (χ1n) is 8.12. The van der Waals surface area contributed by atoms with Gasteiger partial charge in [-0.25, -0.2) is 0 Å². The van der Waals surface area contributed by atoms with Gasteiger partial charge >= 0.3 is 0 Å². The van der Waals surface area contributed by atoms with E-state index >= 15 is 0 Å². The second kappa shape index (κ2) is 7.05. The van der Waals surface area contributed by atoms with E-state index in [0.717, 1.165) is 51.9 Å². The third kappa shape index (κ3) is 3.74. The molecule has 0 spiro atoms. The summed E-state index contributed by atoms with van der Waals surface area (Å²) in [5, 5.41) is 2.72. The lowest BCUT2D eigenvalue weighted by molar-refractivity contribution is -0.125. The maximum Gasteiger partial charge on any atom is 0.233 e. The van der Waals surface area contributed by atoms with Crippen LogP contribution in [0.3, 0.4) is 0 Å². The molecule has 0 aromatic heterocycles. The van der Waals surface area contributed by atoms with E-state index in [1.165, 1.54) is 12.8 Å². The predicted octanol–water partition coefficient (Wildman–Crippen LogP) is -0.456. The van der Waals surface area contributed by atoms with E-state index in [1.807, 2.05) is 0 Å². The summed E-state index contributed by atoms with van der Waals surface area (Å²) in [6.45, 7) is 7.09. The van der Waals surface area contributed by atoms with Crippen molar-refractivity contribution in [1.82, 2.24) is 15.1 Å². The van der Waals surface area contributed by atoms with Crippen LogP contribution in [0.15, 0.2) is 0 Å². The molecule has 6 nitrogen and oxygen atoms in total. The molecule has 1 amide bonds. The first-order valence-corrected chi connectivity index (χ1v) is 8.12. The molecule has 3 fully saturated rings. The maximum atomic E-state index is 11.6. The molecule has 0 bridgehead atoms. The highest BCUT2D eigenvalue weighted by molar-refractivity contribution is 5.77. The zero-order valence-electron chi connectivity index (χ0n) is 12.9. The van der Waals surface area contributed by atoms with Gasteiger partial charge < -0.3 is 14.8 Å². The Hall–Kier alpha value is -0.690. The van der Waals surface area contributed by atoms with Crippen LogP contribution in [0.1, 0.15) is 12.8 Å². The van der Waals surface area contributed by atoms with Gasteiger partial charge in [0, 0.05) is 46.4 Å². The third-order valence-corrected chi connectivity index (χ3v) is 4.97. The Labute approximate surface area is 126 Å². The molecule has 21 heavy (non-hydrogen) atoms. The summed E-state index contributed by atoms with van der Waals surface area (Å²) < 4.78 is 11.4. The van der Waals surface area contributed by atoms with Gasteiger partial charge in [0.1, 0.15) is 0 Å². The van der Waals surface area contributed by atoms with E-state index in [4.69, 9.17) is 9.47 Å². The summed E-state index contributed by atoms with van der Waals surface area (Å²) in [6, 6.07) is 0.371. The number of hydrogen-bond donors (Lipinski definition) is 1. The van der Waals surface area contributed by atoms with Crippen molar-refractivity contribution < 1.29 is 14.3 Å². The van der Waals surface area contributed by atoms with Crippen molar-refractivity contribution in [2.45, 2.75) is 25.0 Å². The summed E-state index contributed by atoms with van der Waals surface area (Å²) in [7, 11) is 1.70. The minimum Gasteiger partial charge on any atom is -0.381 e. The number of fused-ring (bicyclic) bond motifs is 1. The first-order chi connectivity index (χ1) is 10.3. The van der Waals surface area contributed by atoms with Crippen molar-refractivity contribution in [2.75, 3.05) is 59.6 Å². The number of nitrogens with zero attached hydrogens (tertiary/aromatic N) is 2. The van der Waals surface area contributed by atoms with Crippen molar-refractivity contribution in [1.29, 1.82) is 0 Å². The topological polar surface area (TPSA) is 54.0 Å². The smallest absolute Gasteiger partial charge is 0.233 e. The Morgan fingerprint density at radius 3 is 2.81 bits per heavy atom. The molecule has 3 aliphatic rings. The van der Waals surface area contributed by atoms with E-state index in [1.54, 1.807) is 7.05 Å². The molecule has 0 aromatic rings. The van der Waals surface area contributed by atoms with Crippen molar-refractivity contribution in [3.8, 4) is 0 Å². The normalized spacial score (nSPS) is 32.0. The Morgan fingerprint density at radius 1 is 1.24 bits per heavy atom. The van der Waals surface area contributed by atoms with Crippen LogP contribution >= 0.6 is 0 Å². The maximum absolute atomic E-state index is 11.6. The van der Waals surface area contributed by atoms with Gasteiger partial charge in [-0.2, -0.15) is 0 Å². The molecule has 3 rings (SSSR count). The molecule has 0 aliphatic carbocycles. The molecule has 0 radical (unpaired) electrons. The zero-order valence-corrected chi connectivity index (χ0v) is 12.9. The Morgan fingerprint density at radius 2 is 2.05 bits per heavy atom. The first kappa shape index (κ1) is 15.2.